The van der Waals surface area contributed by atoms with Gasteiger partial charge >= 0.3 is 0 Å². The zero-order valence-electron chi connectivity index (χ0n) is 11.1. The molecule has 1 aromatic heterocycles. The summed E-state index contributed by atoms with van der Waals surface area (Å²) in [6, 6.07) is 5.74. The molecule has 0 aliphatic rings. The molecule has 0 saturated carbocycles. The number of aromatic nitrogens is 1. The molecule has 19 heavy (non-hydrogen) atoms. The lowest BCUT2D eigenvalue weighted by atomic mass is 10.1. The van der Waals surface area contributed by atoms with Gasteiger partial charge in [0.2, 0.25) is 5.88 Å². The van der Waals surface area contributed by atoms with E-state index in [1.165, 1.54) is 0 Å². The average molecular weight is 296 g/mol. The molecule has 2 nitrogen and oxygen atoms in total. The van der Waals surface area contributed by atoms with Crippen LogP contribution in [-0.4, -0.2) is 4.98 Å². The van der Waals surface area contributed by atoms with Gasteiger partial charge in [-0.15, -0.1) is 11.6 Å². The van der Waals surface area contributed by atoms with Crippen LogP contribution in [0.4, 0.5) is 0 Å². The van der Waals surface area contributed by atoms with Crippen molar-refractivity contribution in [3.05, 3.63) is 51.7 Å². The Kier molecular flexibility index (Phi) is 4.33. The van der Waals surface area contributed by atoms with Crippen LogP contribution in [0.25, 0.3) is 0 Å². The van der Waals surface area contributed by atoms with Crippen molar-refractivity contribution < 1.29 is 4.74 Å². The maximum Gasteiger partial charge on any atom is 0.222 e. The molecule has 1 heterocycles. The van der Waals surface area contributed by atoms with Crippen LogP contribution < -0.4 is 4.74 Å². The summed E-state index contributed by atoms with van der Waals surface area (Å²) < 4.78 is 5.91. The smallest absolute Gasteiger partial charge is 0.222 e. The van der Waals surface area contributed by atoms with E-state index in [1.54, 1.807) is 6.20 Å². The highest BCUT2D eigenvalue weighted by atomic mass is 35.5. The Morgan fingerprint density at radius 2 is 1.68 bits per heavy atom. The van der Waals surface area contributed by atoms with Crippen LogP contribution in [0, 0.1) is 20.8 Å². The summed E-state index contributed by atoms with van der Waals surface area (Å²) in [7, 11) is 0. The zero-order valence-corrected chi connectivity index (χ0v) is 12.6. The molecular weight excluding hydrogens is 281 g/mol. The first kappa shape index (κ1) is 14.2. The summed E-state index contributed by atoms with van der Waals surface area (Å²) in [6.45, 7) is 5.90. The highest BCUT2D eigenvalue weighted by molar-refractivity contribution is 6.30. The van der Waals surface area contributed by atoms with Crippen LogP contribution in [0.3, 0.4) is 0 Å². The minimum Gasteiger partial charge on any atom is -0.438 e. The number of alkyl halides is 1. The van der Waals surface area contributed by atoms with E-state index in [0.29, 0.717) is 16.8 Å². The van der Waals surface area contributed by atoms with Crippen LogP contribution in [0.15, 0.2) is 24.4 Å². The van der Waals surface area contributed by atoms with Crippen molar-refractivity contribution in [2.75, 3.05) is 0 Å². The number of halogens is 2. The molecule has 100 valence electrons. The third-order valence-corrected chi connectivity index (χ3v) is 3.39. The van der Waals surface area contributed by atoms with Crippen molar-refractivity contribution in [3.63, 3.8) is 0 Å². The fourth-order valence-corrected chi connectivity index (χ4v) is 2.43. The lowest BCUT2D eigenvalue weighted by Gasteiger charge is -2.13. The van der Waals surface area contributed by atoms with E-state index in [-0.39, 0.29) is 0 Å². The molecule has 0 spiro atoms. The lowest BCUT2D eigenvalue weighted by molar-refractivity contribution is 0.452. The van der Waals surface area contributed by atoms with Gasteiger partial charge < -0.3 is 4.74 Å². The fraction of sp³-hybridized carbons (Fsp3) is 0.267. The quantitative estimate of drug-likeness (QED) is 0.727. The summed E-state index contributed by atoms with van der Waals surface area (Å²) in [6.07, 6.45) is 1.73. The molecule has 4 heteroatoms. The Morgan fingerprint density at radius 1 is 1.05 bits per heavy atom. The monoisotopic (exact) mass is 295 g/mol. The number of ether oxygens (including phenoxy) is 1. The summed E-state index contributed by atoms with van der Waals surface area (Å²) in [5, 5.41) is 0.713. The van der Waals surface area contributed by atoms with E-state index in [4.69, 9.17) is 27.9 Å². The van der Waals surface area contributed by atoms with Gasteiger partial charge in [0.25, 0.3) is 0 Å². The third kappa shape index (κ3) is 3.20. The van der Waals surface area contributed by atoms with Gasteiger partial charge in [-0.1, -0.05) is 11.6 Å². The Labute approximate surface area is 123 Å². The molecule has 2 rings (SSSR count). The highest BCUT2D eigenvalue weighted by Crippen LogP contribution is 2.31. The second-order valence-electron chi connectivity index (χ2n) is 4.57. The minimum atomic E-state index is 0.452. The molecule has 1 aromatic carbocycles. The first-order valence-corrected chi connectivity index (χ1v) is 6.88. The molecule has 0 amide bonds. The van der Waals surface area contributed by atoms with Crippen LogP contribution in [0.1, 0.15) is 22.3 Å². The maximum atomic E-state index is 6.01. The Bertz CT molecular complexity index is 588. The predicted octanol–water partition coefficient (Wildman–Crippen LogP) is 5.19. The van der Waals surface area contributed by atoms with E-state index in [2.05, 4.69) is 4.98 Å². The molecule has 0 aliphatic carbocycles. The molecule has 0 saturated heterocycles. The van der Waals surface area contributed by atoms with Gasteiger partial charge in [0.15, 0.2) is 0 Å². The normalized spacial score (nSPS) is 10.6. The van der Waals surface area contributed by atoms with Gasteiger partial charge in [0, 0.05) is 22.7 Å². The van der Waals surface area contributed by atoms with Crippen molar-refractivity contribution in [2.45, 2.75) is 26.7 Å². The molecule has 0 bridgehead atoms. The lowest BCUT2D eigenvalue weighted by Crippen LogP contribution is -1.96. The number of rotatable bonds is 3. The summed E-state index contributed by atoms with van der Waals surface area (Å²) in [4.78, 5) is 4.31. The molecule has 0 aliphatic heterocycles. The molecule has 0 N–H and O–H groups in total. The molecule has 2 aromatic rings. The van der Waals surface area contributed by atoms with Gasteiger partial charge in [-0.3, -0.25) is 0 Å². The number of hydrogen-bond donors (Lipinski definition) is 0. The SMILES string of the molecule is Cc1cc(CCl)cnc1Oc1c(C)cc(Cl)cc1C. The number of nitrogens with zero attached hydrogens (tertiary/aromatic N) is 1. The second kappa shape index (κ2) is 5.81. The standard InChI is InChI=1S/C15H15Cl2NO/c1-9-5-13(17)6-10(2)14(9)19-15-11(3)4-12(7-16)8-18-15/h4-6,8H,7H2,1-3H3. The molecule has 0 radical (unpaired) electrons. The summed E-state index contributed by atoms with van der Waals surface area (Å²) in [5.41, 5.74) is 3.93. The Morgan fingerprint density at radius 3 is 2.21 bits per heavy atom. The van der Waals surface area contributed by atoms with Gasteiger partial charge in [0.05, 0.1) is 0 Å². The van der Waals surface area contributed by atoms with Crippen molar-refractivity contribution in [1.29, 1.82) is 0 Å². The summed E-state index contributed by atoms with van der Waals surface area (Å²) in [5.74, 6) is 1.86. The topological polar surface area (TPSA) is 22.1 Å². The van der Waals surface area contributed by atoms with Crippen molar-refractivity contribution in [3.8, 4) is 11.6 Å². The van der Waals surface area contributed by atoms with E-state index >= 15 is 0 Å². The van der Waals surface area contributed by atoms with E-state index < -0.39 is 0 Å². The van der Waals surface area contributed by atoms with E-state index in [1.807, 2.05) is 39.0 Å². The van der Waals surface area contributed by atoms with Crippen LogP contribution >= 0.6 is 23.2 Å². The van der Waals surface area contributed by atoms with E-state index in [9.17, 15) is 0 Å². The van der Waals surface area contributed by atoms with Crippen molar-refractivity contribution >= 4 is 23.2 Å². The van der Waals surface area contributed by atoms with Gasteiger partial charge in [-0.25, -0.2) is 4.98 Å². The second-order valence-corrected chi connectivity index (χ2v) is 5.27. The highest BCUT2D eigenvalue weighted by Gasteiger charge is 2.10. The minimum absolute atomic E-state index is 0.452. The van der Waals surface area contributed by atoms with Crippen molar-refractivity contribution in [1.82, 2.24) is 4.98 Å². The van der Waals surface area contributed by atoms with Crippen molar-refractivity contribution in [2.24, 2.45) is 0 Å². The molecular formula is C15H15Cl2NO. The van der Waals surface area contributed by atoms with Gasteiger partial charge in [-0.2, -0.15) is 0 Å². The Balaban J connectivity index is 2.36. The summed E-state index contributed by atoms with van der Waals surface area (Å²) >= 11 is 11.8. The number of hydrogen-bond acceptors (Lipinski definition) is 2. The Hall–Kier alpha value is -1.25. The average Bonchev–Trinajstić information content (AvgIpc) is 2.35. The maximum absolute atomic E-state index is 6.01. The van der Waals surface area contributed by atoms with Gasteiger partial charge in [-0.05, 0) is 55.7 Å². The third-order valence-electron chi connectivity index (χ3n) is 2.87. The zero-order chi connectivity index (χ0) is 14.0. The molecule has 0 fully saturated rings. The fourth-order valence-electron chi connectivity index (χ4n) is 1.96. The first-order valence-electron chi connectivity index (χ1n) is 5.97. The van der Waals surface area contributed by atoms with E-state index in [0.717, 1.165) is 28.0 Å². The largest absolute Gasteiger partial charge is 0.438 e. The predicted molar refractivity (Wildman–Crippen MR) is 79.5 cm³/mol. The first-order chi connectivity index (χ1) is 9.01. The number of aryl methyl sites for hydroxylation is 3. The van der Waals surface area contributed by atoms with Crippen LogP contribution in [0.5, 0.6) is 11.6 Å². The number of pyridine rings is 1. The van der Waals surface area contributed by atoms with Crippen LogP contribution in [0.2, 0.25) is 5.02 Å². The van der Waals surface area contributed by atoms with Crippen LogP contribution in [-0.2, 0) is 5.88 Å². The number of benzene rings is 1. The molecule has 0 unspecified atom stereocenters. The molecule has 0 atom stereocenters. The van der Waals surface area contributed by atoms with Gasteiger partial charge in [0.1, 0.15) is 5.75 Å².